The third kappa shape index (κ3) is 4.77. The number of anilines is 2. The number of amides is 1. The largest absolute Gasteiger partial charge is 0.366 e. The summed E-state index contributed by atoms with van der Waals surface area (Å²) in [5, 5.41) is 15.1. The van der Waals surface area contributed by atoms with Crippen LogP contribution in [0.5, 0.6) is 0 Å². The maximum Gasteiger partial charge on any atom is 0.292 e. The molecule has 8 heteroatoms. The fourth-order valence-corrected chi connectivity index (χ4v) is 3.79. The molecule has 2 heterocycles. The number of benzene rings is 1. The average molecular weight is 386 g/mol. The molecular weight excluding hydrogens is 364 g/mol. The molecule has 2 aromatic rings. The second-order valence-corrected chi connectivity index (χ2v) is 7.60. The van der Waals surface area contributed by atoms with Crippen LogP contribution in [0.2, 0.25) is 0 Å². The lowest BCUT2D eigenvalue weighted by atomic mass is 9.95. The van der Waals surface area contributed by atoms with E-state index in [1.54, 1.807) is 36.2 Å². The van der Waals surface area contributed by atoms with E-state index in [-0.39, 0.29) is 22.4 Å². The van der Waals surface area contributed by atoms with Crippen molar-refractivity contribution < 1.29 is 9.72 Å². The van der Waals surface area contributed by atoms with Crippen LogP contribution in [0.3, 0.4) is 0 Å². The van der Waals surface area contributed by atoms with Gasteiger partial charge in [0.2, 0.25) is 5.91 Å². The molecule has 0 spiro atoms. The minimum absolute atomic E-state index is 0.0186. The number of nitrogens with one attached hydrogen (secondary N) is 1. The van der Waals surface area contributed by atoms with Gasteiger partial charge >= 0.3 is 0 Å². The van der Waals surface area contributed by atoms with Crippen molar-refractivity contribution in [2.45, 2.75) is 24.8 Å². The number of para-hydroxylation sites is 2. The quantitative estimate of drug-likeness (QED) is 0.459. The molecule has 3 rings (SSSR count). The Kier molecular flexibility index (Phi) is 6.28. The molecule has 1 aromatic carbocycles. The number of nitro benzene ring substituents is 1. The molecule has 0 radical (unpaired) electrons. The molecule has 1 N–H and O–H groups in total. The van der Waals surface area contributed by atoms with Crippen LogP contribution < -0.4 is 10.2 Å². The number of thioether (sulfide) groups is 1. The van der Waals surface area contributed by atoms with Gasteiger partial charge in [-0.1, -0.05) is 19.1 Å². The van der Waals surface area contributed by atoms with E-state index in [0.717, 1.165) is 10.8 Å². The average Bonchev–Trinajstić information content (AvgIpc) is 2.70. The van der Waals surface area contributed by atoms with Crippen LogP contribution in [0.15, 0.2) is 47.6 Å². The number of carbonyl (C=O) groups is 1. The predicted octanol–water partition coefficient (Wildman–Crippen LogP) is 3.96. The molecule has 0 aliphatic carbocycles. The van der Waals surface area contributed by atoms with Gasteiger partial charge in [-0.25, -0.2) is 4.98 Å². The second kappa shape index (κ2) is 8.85. The van der Waals surface area contributed by atoms with Crippen LogP contribution in [0.1, 0.15) is 19.8 Å². The number of nitro groups is 1. The Bertz CT molecular complexity index is 805. The maximum atomic E-state index is 12.5. The molecule has 1 amide bonds. The van der Waals surface area contributed by atoms with Gasteiger partial charge in [-0.05, 0) is 36.8 Å². The summed E-state index contributed by atoms with van der Waals surface area (Å²) in [6.07, 6.45) is 3.00. The molecule has 142 valence electrons. The zero-order chi connectivity index (χ0) is 19.2. The molecule has 0 saturated carbocycles. The number of piperidine rings is 1. The van der Waals surface area contributed by atoms with Gasteiger partial charge in [0.15, 0.2) is 0 Å². The van der Waals surface area contributed by atoms with Crippen LogP contribution >= 0.6 is 11.8 Å². The van der Waals surface area contributed by atoms with Crippen molar-refractivity contribution in [1.29, 1.82) is 0 Å². The number of pyridine rings is 1. The van der Waals surface area contributed by atoms with Gasteiger partial charge in [-0.3, -0.25) is 14.9 Å². The third-order valence-corrected chi connectivity index (χ3v) is 5.41. The lowest BCUT2D eigenvalue weighted by Gasteiger charge is -2.32. The van der Waals surface area contributed by atoms with Crippen molar-refractivity contribution in [1.82, 2.24) is 4.98 Å². The number of carbonyl (C=O) groups excluding carboxylic acids is 1. The summed E-state index contributed by atoms with van der Waals surface area (Å²) < 4.78 is 0. The minimum atomic E-state index is -0.360. The van der Waals surface area contributed by atoms with Gasteiger partial charge in [-0.2, -0.15) is 0 Å². The second-order valence-electron chi connectivity index (χ2n) is 6.31. The first-order valence-electron chi connectivity index (χ1n) is 8.96. The number of aromatic nitrogens is 1. The Hall–Kier alpha value is -2.61. The Balaban J connectivity index is 1.57. The summed E-state index contributed by atoms with van der Waals surface area (Å²) in [5.74, 6) is 0.834. The summed E-state index contributed by atoms with van der Waals surface area (Å²) in [6, 6.07) is 10.5. The standard InChI is InChI=1S/C19H22N4O3S/c1-2-27-18-8-7-15(13-20-18)21-19(24)14-9-11-22(12-10-14)16-5-3-4-6-17(16)23(25)26/h3-8,13-14H,2,9-12H2,1H3,(H,21,24). The van der Waals surface area contributed by atoms with E-state index in [9.17, 15) is 14.9 Å². The molecule has 1 saturated heterocycles. The van der Waals surface area contributed by atoms with Gasteiger partial charge in [-0.15, -0.1) is 11.8 Å². The molecule has 1 aliphatic rings. The fourth-order valence-electron chi connectivity index (χ4n) is 3.20. The van der Waals surface area contributed by atoms with Crippen LogP contribution in [-0.2, 0) is 4.79 Å². The monoisotopic (exact) mass is 386 g/mol. The SMILES string of the molecule is CCSc1ccc(NC(=O)C2CCN(c3ccccc3[N+](=O)[O-])CC2)cn1. The van der Waals surface area contributed by atoms with E-state index in [0.29, 0.717) is 37.3 Å². The number of rotatable bonds is 6. The Labute approximate surface area is 162 Å². The van der Waals surface area contributed by atoms with E-state index in [4.69, 9.17) is 0 Å². The smallest absolute Gasteiger partial charge is 0.292 e. The molecule has 0 unspecified atom stereocenters. The van der Waals surface area contributed by atoms with Crippen molar-refractivity contribution in [2.24, 2.45) is 5.92 Å². The molecule has 0 bridgehead atoms. The van der Waals surface area contributed by atoms with Gasteiger partial charge in [0.05, 0.1) is 21.8 Å². The van der Waals surface area contributed by atoms with Crippen molar-refractivity contribution in [3.63, 3.8) is 0 Å². The summed E-state index contributed by atoms with van der Waals surface area (Å²) in [6.45, 7) is 3.30. The molecular formula is C19H22N4O3S. The molecule has 1 fully saturated rings. The molecule has 1 aliphatic heterocycles. The first-order valence-corrected chi connectivity index (χ1v) is 9.95. The van der Waals surface area contributed by atoms with Crippen LogP contribution in [-0.4, -0.2) is 34.7 Å². The van der Waals surface area contributed by atoms with Crippen molar-refractivity contribution >= 4 is 34.7 Å². The Morgan fingerprint density at radius 3 is 2.67 bits per heavy atom. The summed E-state index contributed by atoms with van der Waals surface area (Å²) in [7, 11) is 0. The molecule has 0 atom stereocenters. The Morgan fingerprint density at radius 2 is 2.04 bits per heavy atom. The van der Waals surface area contributed by atoms with Crippen LogP contribution in [0, 0.1) is 16.0 Å². The third-order valence-electron chi connectivity index (χ3n) is 4.58. The highest BCUT2D eigenvalue weighted by molar-refractivity contribution is 7.99. The highest BCUT2D eigenvalue weighted by Crippen LogP contribution is 2.31. The number of hydrogen-bond acceptors (Lipinski definition) is 6. The summed E-state index contributed by atoms with van der Waals surface area (Å²) in [5.41, 5.74) is 1.42. The summed E-state index contributed by atoms with van der Waals surface area (Å²) in [4.78, 5) is 29.7. The van der Waals surface area contributed by atoms with E-state index in [2.05, 4.69) is 17.2 Å². The topological polar surface area (TPSA) is 88.4 Å². The summed E-state index contributed by atoms with van der Waals surface area (Å²) >= 11 is 1.65. The Morgan fingerprint density at radius 1 is 1.30 bits per heavy atom. The van der Waals surface area contributed by atoms with Gasteiger partial charge < -0.3 is 10.2 Å². The zero-order valence-corrected chi connectivity index (χ0v) is 15.9. The van der Waals surface area contributed by atoms with E-state index in [1.165, 1.54) is 6.07 Å². The fraction of sp³-hybridized carbons (Fsp3) is 0.368. The van der Waals surface area contributed by atoms with Gasteiger partial charge in [0.25, 0.3) is 5.69 Å². The van der Waals surface area contributed by atoms with Crippen molar-refractivity contribution in [3.8, 4) is 0 Å². The lowest BCUT2D eigenvalue weighted by Crippen LogP contribution is -2.38. The number of nitrogens with zero attached hydrogens (tertiary/aromatic N) is 3. The van der Waals surface area contributed by atoms with Gasteiger partial charge in [0, 0.05) is 25.1 Å². The number of hydrogen-bond donors (Lipinski definition) is 1. The van der Waals surface area contributed by atoms with Crippen LogP contribution in [0.4, 0.5) is 17.1 Å². The van der Waals surface area contributed by atoms with Crippen molar-refractivity contribution in [2.75, 3.05) is 29.1 Å². The predicted molar refractivity (Wildman–Crippen MR) is 107 cm³/mol. The molecule has 27 heavy (non-hydrogen) atoms. The first-order chi connectivity index (χ1) is 13.1. The first kappa shape index (κ1) is 19.2. The van der Waals surface area contributed by atoms with Crippen LogP contribution in [0.25, 0.3) is 0 Å². The van der Waals surface area contributed by atoms with Crippen molar-refractivity contribution in [3.05, 3.63) is 52.7 Å². The zero-order valence-electron chi connectivity index (χ0n) is 15.1. The van der Waals surface area contributed by atoms with Gasteiger partial charge in [0.1, 0.15) is 5.69 Å². The maximum absolute atomic E-state index is 12.5. The van der Waals surface area contributed by atoms with E-state index in [1.807, 2.05) is 17.0 Å². The molecule has 7 nitrogen and oxygen atoms in total. The highest BCUT2D eigenvalue weighted by Gasteiger charge is 2.28. The van der Waals surface area contributed by atoms with E-state index < -0.39 is 0 Å². The lowest BCUT2D eigenvalue weighted by molar-refractivity contribution is -0.384. The van der Waals surface area contributed by atoms with E-state index >= 15 is 0 Å². The molecule has 1 aromatic heterocycles. The normalized spacial score (nSPS) is 14.8. The minimum Gasteiger partial charge on any atom is -0.366 e. The highest BCUT2D eigenvalue weighted by atomic mass is 32.2.